The normalized spacial score (nSPS) is 14.1. The van der Waals surface area contributed by atoms with Crippen molar-refractivity contribution in [3.63, 3.8) is 0 Å². The van der Waals surface area contributed by atoms with E-state index < -0.39 is 28.2 Å². The Balaban J connectivity index is 1.34. The molecule has 15 heteroatoms. The quantitative estimate of drug-likeness (QED) is 0.183. The number of methoxy groups -OCH3 is 1. The fourth-order valence-electron chi connectivity index (χ4n) is 4.99. The van der Waals surface area contributed by atoms with Crippen LogP contribution in [0.5, 0.6) is 17.5 Å². The number of thioether (sulfide) groups is 1. The standard InChI is InChI=1S/C32H24Cl2FN5O6S/c1-37-27-26(29(42)38(2)31(37)43)39(16-19-7-8-20(33)14-22(19)34)30(36-27)46-23-11-6-18(12-24(23)45-3)13-25-28(41)40(32(44)47-25)15-17-4-9-21(35)10-5-17/h4-14H,15-16H2,1-3H3. The number of amides is 2. The van der Waals surface area contributed by atoms with Gasteiger partial charge in [0.05, 0.1) is 25.1 Å². The Hall–Kier alpha value is -4.85. The van der Waals surface area contributed by atoms with Crippen molar-refractivity contribution in [2.75, 3.05) is 7.11 Å². The van der Waals surface area contributed by atoms with Gasteiger partial charge in [0, 0.05) is 24.1 Å². The lowest BCUT2D eigenvalue weighted by Gasteiger charge is -2.14. The van der Waals surface area contributed by atoms with Crippen LogP contribution in [-0.4, -0.2) is 41.8 Å². The monoisotopic (exact) mass is 695 g/mol. The predicted molar refractivity (Wildman–Crippen MR) is 177 cm³/mol. The number of nitrogens with zero attached hydrogens (tertiary/aromatic N) is 5. The number of carbonyl (C=O) groups excluding carboxylic acids is 2. The summed E-state index contributed by atoms with van der Waals surface area (Å²) in [5, 5.41) is 0.347. The molecule has 2 aromatic heterocycles. The number of aryl methyl sites for hydroxylation is 1. The molecule has 1 saturated heterocycles. The number of benzene rings is 3. The average Bonchev–Trinajstić information content (AvgIpc) is 3.53. The van der Waals surface area contributed by atoms with Gasteiger partial charge in [0.15, 0.2) is 22.7 Å². The smallest absolute Gasteiger partial charge is 0.332 e. The fourth-order valence-corrected chi connectivity index (χ4v) is 6.29. The van der Waals surface area contributed by atoms with Crippen LogP contribution in [0, 0.1) is 5.82 Å². The summed E-state index contributed by atoms with van der Waals surface area (Å²) in [6, 6.07) is 15.4. The van der Waals surface area contributed by atoms with Crippen LogP contribution in [0.1, 0.15) is 16.7 Å². The molecular weight excluding hydrogens is 672 g/mol. The van der Waals surface area contributed by atoms with Gasteiger partial charge < -0.3 is 9.47 Å². The Morgan fingerprint density at radius 1 is 0.915 bits per heavy atom. The van der Waals surface area contributed by atoms with Gasteiger partial charge in [0.25, 0.3) is 16.7 Å². The van der Waals surface area contributed by atoms with Crippen LogP contribution in [0.2, 0.25) is 10.0 Å². The first-order chi connectivity index (χ1) is 22.4. The van der Waals surface area contributed by atoms with Crippen LogP contribution in [-0.2, 0) is 32.0 Å². The van der Waals surface area contributed by atoms with Gasteiger partial charge in [-0.1, -0.05) is 47.5 Å². The molecule has 0 N–H and O–H groups in total. The SMILES string of the molecule is COc1cc(C=C2SC(=O)N(Cc3ccc(F)cc3)C2=O)ccc1Oc1nc2c(c(=O)n(C)c(=O)n2C)n1Cc1ccc(Cl)cc1Cl. The van der Waals surface area contributed by atoms with E-state index in [1.165, 1.54) is 54.6 Å². The van der Waals surface area contributed by atoms with Crippen LogP contribution >= 0.6 is 35.0 Å². The number of hydrogen-bond acceptors (Lipinski definition) is 8. The highest BCUT2D eigenvalue weighted by Gasteiger charge is 2.35. The van der Waals surface area contributed by atoms with E-state index in [9.17, 15) is 23.6 Å². The zero-order chi connectivity index (χ0) is 33.6. The van der Waals surface area contributed by atoms with E-state index in [1.807, 2.05) is 0 Å². The Bertz CT molecular complexity index is 2250. The number of carbonyl (C=O) groups is 2. The molecule has 1 aliphatic heterocycles. The maximum Gasteiger partial charge on any atom is 0.332 e. The molecule has 0 unspecified atom stereocenters. The third-order valence-corrected chi connectivity index (χ3v) is 8.97. The number of ether oxygens (including phenoxy) is 2. The van der Waals surface area contributed by atoms with Crippen molar-refractivity contribution in [3.8, 4) is 17.5 Å². The van der Waals surface area contributed by atoms with Gasteiger partial charge in [-0.25, -0.2) is 9.18 Å². The first kappa shape index (κ1) is 32.1. The molecule has 3 heterocycles. The van der Waals surface area contributed by atoms with Gasteiger partial charge >= 0.3 is 11.7 Å². The van der Waals surface area contributed by atoms with Gasteiger partial charge in [0.2, 0.25) is 0 Å². The van der Waals surface area contributed by atoms with E-state index in [4.69, 9.17) is 32.7 Å². The zero-order valence-electron chi connectivity index (χ0n) is 25.0. The summed E-state index contributed by atoms with van der Waals surface area (Å²) < 4.78 is 28.8. The molecule has 3 aromatic carbocycles. The summed E-state index contributed by atoms with van der Waals surface area (Å²) in [6.07, 6.45) is 1.55. The molecule has 6 rings (SSSR count). The molecule has 0 spiro atoms. The molecule has 5 aromatic rings. The first-order valence-electron chi connectivity index (χ1n) is 13.9. The lowest BCUT2D eigenvalue weighted by atomic mass is 10.1. The average molecular weight is 697 g/mol. The molecule has 1 fully saturated rings. The van der Waals surface area contributed by atoms with Crippen molar-refractivity contribution >= 4 is 63.4 Å². The van der Waals surface area contributed by atoms with Crippen molar-refractivity contribution in [2.45, 2.75) is 13.1 Å². The van der Waals surface area contributed by atoms with Crippen LogP contribution in [0.15, 0.2) is 75.2 Å². The summed E-state index contributed by atoms with van der Waals surface area (Å²) in [6.45, 7) is 0.0683. The molecule has 2 amide bonds. The van der Waals surface area contributed by atoms with E-state index in [2.05, 4.69) is 4.98 Å². The number of imide groups is 1. The second-order valence-electron chi connectivity index (χ2n) is 10.5. The molecular formula is C32H24Cl2FN5O6S. The van der Waals surface area contributed by atoms with E-state index in [0.29, 0.717) is 26.7 Å². The minimum atomic E-state index is -0.578. The van der Waals surface area contributed by atoms with Crippen molar-refractivity contribution in [1.29, 1.82) is 0 Å². The number of fused-ring (bicyclic) bond motifs is 1. The third kappa shape index (κ3) is 6.16. The lowest BCUT2D eigenvalue weighted by molar-refractivity contribution is -0.123. The molecule has 1 aliphatic rings. The van der Waals surface area contributed by atoms with Crippen molar-refractivity contribution in [3.05, 3.63) is 119 Å². The Morgan fingerprint density at radius 2 is 1.66 bits per heavy atom. The van der Waals surface area contributed by atoms with Gasteiger partial charge in [-0.2, -0.15) is 4.98 Å². The number of imidazole rings is 1. The van der Waals surface area contributed by atoms with Gasteiger partial charge in [-0.3, -0.25) is 33.0 Å². The van der Waals surface area contributed by atoms with Gasteiger partial charge in [-0.05, 0) is 70.9 Å². The molecule has 0 saturated carbocycles. The first-order valence-corrected chi connectivity index (χ1v) is 15.5. The maximum absolute atomic E-state index is 13.3. The summed E-state index contributed by atoms with van der Waals surface area (Å²) in [7, 11) is 4.30. The molecule has 240 valence electrons. The Labute approximate surface area is 280 Å². The number of rotatable bonds is 8. The van der Waals surface area contributed by atoms with E-state index in [0.717, 1.165) is 21.2 Å². The Kier molecular flexibility index (Phi) is 8.70. The highest BCUT2D eigenvalue weighted by molar-refractivity contribution is 8.18. The Morgan fingerprint density at radius 3 is 2.36 bits per heavy atom. The molecule has 0 radical (unpaired) electrons. The molecule has 11 nitrogen and oxygen atoms in total. The number of halogens is 3. The summed E-state index contributed by atoms with van der Waals surface area (Å²) in [4.78, 5) is 57.5. The molecule has 0 atom stereocenters. The van der Waals surface area contributed by atoms with Crippen molar-refractivity contribution in [1.82, 2.24) is 23.6 Å². The lowest BCUT2D eigenvalue weighted by Crippen LogP contribution is -2.37. The third-order valence-electron chi connectivity index (χ3n) is 7.47. The second-order valence-corrected chi connectivity index (χ2v) is 12.3. The number of aromatic nitrogens is 4. The summed E-state index contributed by atoms with van der Waals surface area (Å²) >= 11 is 13.3. The summed E-state index contributed by atoms with van der Waals surface area (Å²) in [5.74, 6) is -0.420. The maximum atomic E-state index is 13.3. The van der Waals surface area contributed by atoms with Crippen LogP contribution in [0.4, 0.5) is 9.18 Å². The van der Waals surface area contributed by atoms with Crippen molar-refractivity contribution < 1.29 is 23.5 Å². The summed E-state index contributed by atoms with van der Waals surface area (Å²) in [5.41, 5.74) is 0.845. The highest BCUT2D eigenvalue weighted by Crippen LogP contribution is 2.37. The largest absolute Gasteiger partial charge is 0.493 e. The molecule has 0 bridgehead atoms. The van der Waals surface area contributed by atoms with Crippen LogP contribution in [0.3, 0.4) is 0 Å². The second kappa shape index (κ2) is 12.7. The minimum Gasteiger partial charge on any atom is -0.493 e. The fraction of sp³-hybridized carbons (Fsp3) is 0.156. The highest BCUT2D eigenvalue weighted by atomic mass is 35.5. The van der Waals surface area contributed by atoms with E-state index in [-0.39, 0.29) is 46.7 Å². The zero-order valence-corrected chi connectivity index (χ0v) is 27.3. The van der Waals surface area contributed by atoms with E-state index in [1.54, 1.807) is 42.5 Å². The molecule has 47 heavy (non-hydrogen) atoms. The van der Waals surface area contributed by atoms with Gasteiger partial charge in [-0.15, -0.1) is 0 Å². The number of hydrogen-bond donors (Lipinski definition) is 0. The predicted octanol–water partition coefficient (Wildman–Crippen LogP) is 5.97. The van der Waals surface area contributed by atoms with Crippen molar-refractivity contribution in [2.24, 2.45) is 14.1 Å². The topological polar surface area (TPSA) is 118 Å². The molecule has 0 aliphatic carbocycles. The van der Waals surface area contributed by atoms with E-state index >= 15 is 0 Å². The van der Waals surface area contributed by atoms with Crippen LogP contribution < -0.4 is 20.7 Å². The van der Waals surface area contributed by atoms with Crippen LogP contribution in [0.25, 0.3) is 17.2 Å². The minimum absolute atomic E-state index is 0.00925. The van der Waals surface area contributed by atoms with Gasteiger partial charge in [0.1, 0.15) is 5.82 Å².